The summed E-state index contributed by atoms with van der Waals surface area (Å²) < 4.78 is 26.8. The van der Waals surface area contributed by atoms with Crippen LogP contribution in [-0.2, 0) is 10.0 Å². The monoisotopic (exact) mass is 328 g/mol. The molecule has 0 saturated heterocycles. The van der Waals surface area contributed by atoms with Gasteiger partial charge in [0.15, 0.2) is 15.9 Å². The number of hydrogen-bond acceptors (Lipinski definition) is 6. The first-order valence-electron chi connectivity index (χ1n) is 5.57. The number of nitrogens with one attached hydrogen (secondary N) is 1. The highest BCUT2D eigenvalue weighted by atomic mass is 35.5. The molecular weight excluding hydrogens is 320 g/mol. The third-order valence-electron chi connectivity index (χ3n) is 2.53. The Kier molecular flexibility index (Phi) is 4.05. The molecule has 0 aliphatic rings. The van der Waals surface area contributed by atoms with Gasteiger partial charge in [-0.05, 0) is 24.6 Å². The zero-order valence-corrected chi connectivity index (χ0v) is 12.2. The van der Waals surface area contributed by atoms with Gasteiger partial charge in [0.1, 0.15) is 0 Å². The number of aryl methyl sites for hydroxylation is 1. The summed E-state index contributed by atoms with van der Waals surface area (Å²) >= 11 is 5.55. The highest BCUT2D eigenvalue weighted by molar-refractivity contribution is 7.93. The van der Waals surface area contributed by atoms with Crippen LogP contribution < -0.4 is 4.72 Å². The van der Waals surface area contributed by atoms with Crippen LogP contribution in [0.1, 0.15) is 5.56 Å². The van der Waals surface area contributed by atoms with E-state index in [9.17, 15) is 18.5 Å². The lowest BCUT2D eigenvalue weighted by atomic mass is 10.2. The molecule has 0 unspecified atom stereocenters. The van der Waals surface area contributed by atoms with Crippen LogP contribution in [0.15, 0.2) is 35.2 Å². The lowest BCUT2D eigenvalue weighted by Gasteiger charge is -2.09. The Bertz CT molecular complexity index is 792. The average molecular weight is 329 g/mol. The van der Waals surface area contributed by atoms with Crippen LogP contribution in [0.5, 0.6) is 0 Å². The lowest BCUT2D eigenvalue weighted by Crippen LogP contribution is -2.17. The predicted molar refractivity (Wildman–Crippen MR) is 75.7 cm³/mol. The Morgan fingerprint density at radius 3 is 2.52 bits per heavy atom. The average Bonchev–Trinajstić information content (AvgIpc) is 2.40. The second kappa shape index (κ2) is 5.62. The summed E-state index contributed by atoms with van der Waals surface area (Å²) in [4.78, 5) is 9.82. The molecule has 2 rings (SSSR count). The topological polar surface area (TPSA) is 115 Å². The van der Waals surface area contributed by atoms with Crippen LogP contribution in [0.25, 0.3) is 0 Å². The van der Waals surface area contributed by atoms with Gasteiger partial charge >= 0.3 is 0 Å². The molecule has 10 heteroatoms. The molecule has 0 aliphatic heterocycles. The maximum Gasteiger partial charge on any atom is 0.290 e. The van der Waals surface area contributed by atoms with Crippen molar-refractivity contribution in [2.45, 2.75) is 11.8 Å². The molecule has 21 heavy (non-hydrogen) atoms. The van der Waals surface area contributed by atoms with E-state index in [1.165, 1.54) is 31.2 Å². The van der Waals surface area contributed by atoms with Crippen molar-refractivity contribution >= 4 is 33.1 Å². The van der Waals surface area contributed by atoms with Gasteiger partial charge in [-0.25, -0.2) is 8.42 Å². The normalized spacial score (nSPS) is 11.1. The maximum atomic E-state index is 12.3. The highest BCUT2D eigenvalue weighted by Gasteiger charge is 2.28. The van der Waals surface area contributed by atoms with Crippen molar-refractivity contribution in [3.05, 3.63) is 51.2 Å². The van der Waals surface area contributed by atoms with Crippen LogP contribution in [0.3, 0.4) is 0 Å². The molecule has 0 amide bonds. The van der Waals surface area contributed by atoms with Crippen molar-refractivity contribution in [1.29, 1.82) is 0 Å². The van der Waals surface area contributed by atoms with Gasteiger partial charge in [0, 0.05) is 6.07 Å². The Morgan fingerprint density at radius 2 is 1.95 bits per heavy atom. The van der Waals surface area contributed by atoms with Crippen LogP contribution in [-0.4, -0.2) is 23.5 Å². The summed E-state index contributed by atoms with van der Waals surface area (Å²) in [5.74, 6) is -0.0862. The molecule has 110 valence electrons. The first kappa shape index (κ1) is 15.1. The van der Waals surface area contributed by atoms with Crippen LogP contribution >= 0.6 is 11.6 Å². The summed E-state index contributed by atoms with van der Waals surface area (Å²) in [6, 6.07) is 6.65. The van der Waals surface area contributed by atoms with E-state index in [0.717, 1.165) is 6.07 Å². The second-order valence-corrected chi connectivity index (χ2v) is 6.03. The Labute approximate surface area is 125 Å². The fourth-order valence-corrected chi connectivity index (χ4v) is 3.19. The molecule has 0 radical (unpaired) electrons. The van der Waals surface area contributed by atoms with Gasteiger partial charge in [-0.15, -0.1) is 10.2 Å². The number of nitro groups is 1. The molecule has 0 aliphatic carbocycles. The molecule has 0 saturated carbocycles. The number of rotatable bonds is 4. The van der Waals surface area contributed by atoms with Gasteiger partial charge in [-0.3, -0.25) is 14.8 Å². The van der Waals surface area contributed by atoms with E-state index in [-0.39, 0.29) is 16.5 Å². The summed E-state index contributed by atoms with van der Waals surface area (Å²) in [5, 5.41) is 18.1. The van der Waals surface area contributed by atoms with Crippen molar-refractivity contribution in [3.8, 4) is 0 Å². The Morgan fingerprint density at radius 1 is 1.24 bits per heavy atom. The number of sulfonamides is 1. The molecule has 1 aromatic carbocycles. The maximum absolute atomic E-state index is 12.3. The molecule has 8 nitrogen and oxygen atoms in total. The molecule has 2 aromatic rings. The van der Waals surface area contributed by atoms with Gasteiger partial charge in [0.25, 0.3) is 15.7 Å². The van der Waals surface area contributed by atoms with Gasteiger partial charge in [0.2, 0.25) is 0 Å². The number of anilines is 1. The third-order valence-corrected chi connectivity index (χ3v) is 4.28. The van der Waals surface area contributed by atoms with E-state index in [0.29, 0.717) is 0 Å². The third kappa shape index (κ3) is 3.26. The minimum absolute atomic E-state index is 0.0862. The number of nitro benzene ring substituents is 1. The van der Waals surface area contributed by atoms with Gasteiger partial charge in [-0.1, -0.05) is 23.7 Å². The molecule has 0 fully saturated rings. The largest absolute Gasteiger partial charge is 0.290 e. The summed E-state index contributed by atoms with van der Waals surface area (Å²) in [7, 11) is -4.17. The summed E-state index contributed by atoms with van der Waals surface area (Å²) in [5.41, 5.74) is -0.261. The van der Waals surface area contributed by atoms with Gasteiger partial charge in [-0.2, -0.15) is 0 Å². The first-order chi connectivity index (χ1) is 9.81. The lowest BCUT2D eigenvalue weighted by molar-refractivity contribution is -0.387. The number of aromatic nitrogens is 2. The van der Waals surface area contributed by atoms with Crippen molar-refractivity contribution in [2.24, 2.45) is 0 Å². The molecule has 0 bridgehead atoms. The van der Waals surface area contributed by atoms with Gasteiger partial charge < -0.3 is 0 Å². The fraction of sp³-hybridized carbons (Fsp3) is 0.0909. The highest BCUT2D eigenvalue weighted by Crippen LogP contribution is 2.28. The number of nitrogens with zero attached hydrogens (tertiary/aromatic N) is 3. The number of benzene rings is 1. The molecular formula is C11H9ClN4O4S. The summed E-state index contributed by atoms with van der Waals surface area (Å²) in [6.07, 6.45) is 0. The van der Waals surface area contributed by atoms with Crippen LogP contribution in [0.2, 0.25) is 5.15 Å². The van der Waals surface area contributed by atoms with Gasteiger partial charge in [0.05, 0.1) is 4.92 Å². The van der Waals surface area contributed by atoms with E-state index in [1.54, 1.807) is 0 Å². The minimum atomic E-state index is -4.17. The zero-order chi connectivity index (χ0) is 15.6. The zero-order valence-electron chi connectivity index (χ0n) is 10.6. The number of halogens is 1. The molecule has 0 atom stereocenters. The van der Waals surface area contributed by atoms with Crippen molar-refractivity contribution in [2.75, 3.05) is 4.72 Å². The van der Waals surface area contributed by atoms with Crippen LogP contribution in [0, 0.1) is 17.0 Å². The molecule has 1 N–H and O–H groups in total. The van der Waals surface area contributed by atoms with E-state index < -0.39 is 25.5 Å². The molecule has 0 spiro atoms. The SMILES string of the molecule is Cc1cccc([N+](=O)[O-])c1S(=O)(=O)Nc1ccc(Cl)nn1. The van der Waals surface area contributed by atoms with E-state index in [2.05, 4.69) is 14.9 Å². The van der Waals surface area contributed by atoms with Crippen molar-refractivity contribution < 1.29 is 13.3 Å². The Balaban J connectivity index is 2.49. The van der Waals surface area contributed by atoms with Crippen LogP contribution in [0.4, 0.5) is 11.5 Å². The predicted octanol–water partition coefficient (Wildman–Crippen LogP) is 2.15. The number of hydrogen-bond donors (Lipinski definition) is 1. The van der Waals surface area contributed by atoms with Crippen molar-refractivity contribution in [1.82, 2.24) is 10.2 Å². The first-order valence-corrected chi connectivity index (χ1v) is 7.43. The molecule has 1 heterocycles. The smallest absolute Gasteiger partial charge is 0.262 e. The minimum Gasteiger partial charge on any atom is -0.262 e. The quantitative estimate of drug-likeness (QED) is 0.679. The standard InChI is InChI=1S/C11H9ClN4O4S/c1-7-3-2-4-8(16(17)18)11(7)21(19,20)15-10-6-5-9(12)13-14-10/h2-6H,1H3,(H,14,15). The summed E-state index contributed by atoms with van der Waals surface area (Å²) in [6.45, 7) is 1.47. The van der Waals surface area contributed by atoms with E-state index in [1.807, 2.05) is 0 Å². The Hall–Kier alpha value is -2.26. The molecule has 1 aromatic heterocycles. The second-order valence-electron chi connectivity index (χ2n) is 4.03. The fourth-order valence-electron chi connectivity index (χ4n) is 1.69. The van der Waals surface area contributed by atoms with E-state index in [4.69, 9.17) is 11.6 Å². The van der Waals surface area contributed by atoms with Crippen molar-refractivity contribution in [3.63, 3.8) is 0 Å². The van der Waals surface area contributed by atoms with E-state index >= 15 is 0 Å².